The van der Waals surface area contributed by atoms with Crippen molar-refractivity contribution in [3.8, 4) is 0 Å². The van der Waals surface area contributed by atoms with Crippen LogP contribution in [0.4, 0.5) is 0 Å². The second-order valence-electron chi connectivity index (χ2n) is 1.77. The Morgan fingerprint density at radius 2 is 1.89 bits per heavy atom. The average molecular weight is 119 g/mol. The van der Waals surface area contributed by atoms with Gasteiger partial charge in [-0.1, -0.05) is 30.3 Å². The third-order valence-corrected chi connectivity index (χ3v) is 1.08. The van der Waals surface area contributed by atoms with E-state index in [1.54, 1.807) is 0 Å². The summed E-state index contributed by atoms with van der Waals surface area (Å²) in [6, 6.07) is 9.64. The van der Waals surface area contributed by atoms with Gasteiger partial charge < -0.3 is 4.74 Å². The molecule has 3 radical (unpaired) electrons. The molecule has 0 bridgehead atoms. The Kier molecular flexibility index (Phi) is 2.28. The van der Waals surface area contributed by atoms with Crippen LogP contribution in [0.5, 0.6) is 0 Å². The fourth-order valence-electron chi connectivity index (χ4n) is 0.658. The standard InChI is InChI=1S/C8H7O/c1-9-7-8-5-3-2-4-6-8/h2-6H,7H2. The minimum absolute atomic E-state index is 0.376. The highest BCUT2D eigenvalue weighted by Gasteiger charge is 1.85. The summed E-state index contributed by atoms with van der Waals surface area (Å²) in [5.74, 6) is 0. The van der Waals surface area contributed by atoms with Crippen molar-refractivity contribution in [1.82, 2.24) is 0 Å². The molecule has 0 fully saturated rings. The molecule has 0 aliphatic carbocycles. The van der Waals surface area contributed by atoms with Crippen LogP contribution in [-0.2, 0) is 11.3 Å². The molecule has 1 aromatic rings. The molecule has 0 unspecified atom stereocenters. The van der Waals surface area contributed by atoms with Crippen molar-refractivity contribution in [1.29, 1.82) is 0 Å². The second kappa shape index (κ2) is 3.25. The monoisotopic (exact) mass is 119 g/mol. The first-order valence-electron chi connectivity index (χ1n) is 2.76. The molecular weight excluding hydrogens is 112 g/mol. The minimum atomic E-state index is 0.376. The van der Waals surface area contributed by atoms with Gasteiger partial charge in [-0.3, -0.25) is 0 Å². The molecule has 9 heavy (non-hydrogen) atoms. The van der Waals surface area contributed by atoms with Gasteiger partial charge in [-0.15, -0.1) is 0 Å². The van der Waals surface area contributed by atoms with E-state index in [1.807, 2.05) is 30.3 Å². The van der Waals surface area contributed by atoms with Crippen LogP contribution in [0.25, 0.3) is 0 Å². The number of hydrogen-bond acceptors (Lipinski definition) is 1. The molecule has 0 aliphatic heterocycles. The molecule has 0 amide bonds. The largest absolute Gasteiger partial charge is 0.360 e. The van der Waals surface area contributed by atoms with Crippen LogP contribution in [0, 0.1) is 7.11 Å². The maximum absolute atomic E-state index is 6.44. The summed E-state index contributed by atoms with van der Waals surface area (Å²) in [4.78, 5) is 0. The van der Waals surface area contributed by atoms with Crippen LogP contribution in [0.1, 0.15) is 5.56 Å². The van der Waals surface area contributed by atoms with Crippen molar-refractivity contribution in [2.45, 2.75) is 6.61 Å². The van der Waals surface area contributed by atoms with Crippen molar-refractivity contribution >= 4 is 0 Å². The molecule has 0 heterocycles. The average Bonchev–Trinajstić information content (AvgIpc) is 1.91. The molecule has 0 spiro atoms. The van der Waals surface area contributed by atoms with Crippen molar-refractivity contribution < 1.29 is 4.74 Å². The fraction of sp³-hybridized carbons (Fsp3) is 0.125. The van der Waals surface area contributed by atoms with Gasteiger partial charge in [-0.2, -0.15) is 0 Å². The van der Waals surface area contributed by atoms with Crippen molar-refractivity contribution in [2.75, 3.05) is 0 Å². The van der Waals surface area contributed by atoms with Crippen LogP contribution in [0.2, 0.25) is 0 Å². The molecule has 0 atom stereocenters. The molecule has 0 aliphatic rings. The Labute approximate surface area is 55.3 Å². The first-order valence-corrected chi connectivity index (χ1v) is 2.76. The van der Waals surface area contributed by atoms with Crippen LogP contribution in [-0.4, -0.2) is 0 Å². The normalized spacial score (nSPS) is 9.44. The first-order chi connectivity index (χ1) is 4.43. The predicted octanol–water partition coefficient (Wildman–Crippen LogP) is 1.75. The lowest BCUT2D eigenvalue weighted by molar-refractivity contribution is 0.229. The number of rotatable bonds is 2. The van der Waals surface area contributed by atoms with E-state index in [9.17, 15) is 0 Å². The van der Waals surface area contributed by atoms with E-state index in [0.29, 0.717) is 6.61 Å². The third-order valence-electron chi connectivity index (χ3n) is 1.08. The minimum Gasteiger partial charge on any atom is -0.360 e. The van der Waals surface area contributed by atoms with Crippen LogP contribution in [0.3, 0.4) is 0 Å². The summed E-state index contributed by atoms with van der Waals surface area (Å²) < 4.78 is 4.18. The Hall–Kier alpha value is -0.820. The SMILES string of the molecule is [C]OCc1ccccc1. The van der Waals surface area contributed by atoms with Gasteiger partial charge in [0.2, 0.25) is 0 Å². The smallest absolute Gasteiger partial charge is 0.174 e. The zero-order valence-corrected chi connectivity index (χ0v) is 5.00. The Morgan fingerprint density at radius 1 is 1.22 bits per heavy atom. The highest BCUT2D eigenvalue weighted by Crippen LogP contribution is 1.98. The van der Waals surface area contributed by atoms with Crippen LogP contribution >= 0.6 is 0 Å². The highest BCUT2D eigenvalue weighted by atomic mass is 16.5. The summed E-state index contributed by atoms with van der Waals surface area (Å²) in [5.41, 5.74) is 1.03. The van der Waals surface area contributed by atoms with E-state index in [4.69, 9.17) is 7.11 Å². The van der Waals surface area contributed by atoms with Crippen LogP contribution in [0.15, 0.2) is 30.3 Å². The summed E-state index contributed by atoms with van der Waals surface area (Å²) in [5, 5.41) is 0. The lowest BCUT2D eigenvalue weighted by Gasteiger charge is -1.94. The molecule has 0 N–H and O–H groups in total. The van der Waals surface area contributed by atoms with E-state index in [-0.39, 0.29) is 0 Å². The molecule has 1 heteroatoms. The second-order valence-corrected chi connectivity index (χ2v) is 1.77. The van der Waals surface area contributed by atoms with Crippen LogP contribution < -0.4 is 0 Å². The van der Waals surface area contributed by atoms with Crippen molar-refractivity contribution in [3.05, 3.63) is 43.0 Å². The summed E-state index contributed by atoms with van der Waals surface area (Å²) in [6.07, 6.45) is 0. The molecule has 0 saturated carbocycles. The Bertz CT molecular complexity index is 157. The number of ether oxygens (including phenoxy) is 1. The fourth-order valence-corrected chi connectivity index (χ4v) is 0.658. The maximum Gasteiger partial charge on any atom is 0.174 e. The number of hydrogen-bond donors (Lipinski definition) is 0. The van der Waals surface area contributed by atoms with E-state index in [0.717, 1.165) is 5.56 Å². The zero-order chi connectivity index (χ0) is 6.53. The van der Waals surface area contributed by atoms with Gasteiger partial charge >= 0.3 is 0 Å². The molecule has 1 aromatic carbocycles. The number of benzene rings is 1. The van der Waals surface area contributed by atoms with Crippen molar-refractivity contribution in [3.63, 3.8) is 0 Å². The lowest BCUT2D eigenvalue weighted by Crippen LogP contribution is -1.82. The van der Waals surface area contributed by atoms with Crippen molar-refractivity contribution in [2.24, 2.45) is 0 Å². The van der Waals surface area contributed by atoms with E-state index in [1.165, 1.54) is 0 Å². The summed E-state index contributed by atoms with van der Waals surface area (Å²) >= 11 is 0. The molecule has 1 rings (SSSR count). The lowest BCUT2D eigenvalue weighted by atomic mass is 10.2. The summed E-state index contributed by atoms with van der Waals surface area (Å²) in [7, 11) is 6.44. The van der Waals surface area contributed by atoms with Gasteiger partial charge in [0.05, 0.1) is 6.61 Å². The highest BCUT2D eigenvalue weighted by molar-refractivity contribution is 5.13. The van der Waals surface area contributed by atoms with Gasteiger partial charge in [0.1, 0.15) is 0 Å². The Balaban J connectivity index is 2.61. The van der Waals surface area contributed by atoms with E-state index >= 15 is 0 Å². The van der Waals surface area contributed by atoms with Gasteiger partial charge in [0.25, 0.3) is 0 Å². The van der Waals surface area contributed by atoms with Gasteiger partial charge in [0, 0.05) is 0 Å². The van der Waals surface area contributed by atoms with Gasteiger partial charge in [-0.25, -0.2) is 0 Å². The zero-order valence-electron chi connectivity index (χ0n) is 5.00. The molecule has 0 saturated heterocycles. The van der Waals surface area contributed by atoms with E-state index in [2.05, 4.69) is 4.74 Å². The van der Waals surface area contributed by atoms with E-state index < -0.39 is 0 Å². The topological polar surface area (TPSA) is 9.23 Å². The maximum atomic E-state index is 6.44. The molecular formula is C8H7O. The molecule has 0 aromatic heterocycles. The molecule has 1 nitrogen and oxygen atoms in total. The third kappa shape index (κ3) is 1.86. The van der Waals surface area contributed by atoms with Gasteiger partial charge in [0.15, 0.2) is 7.11 Å². The Morgan fingerprint density at radius 3 is 2.44 bits per heavy atom. The molecule has 45 valence electrons. The quantitative estimate of drug-likeness (QED) is 0.576. The first kappa shape index (κ1) is 6.30. The predicted molar refractivity (Wildman–Crippen MR) is 34.5 cm³/mol. The summed E-state index contributed by atoms with van der Waals surface area (Å²) in [6.45, 7) is 0.376. The van der Waals surface area contributed by atoms with Gasteiger partial charge in [-0.05, 0) is 5.56 Å².